The van der Waals surface area contributed by atoms with E-state index >= 15 is 0 Å². The zero-order valence-electron chi connectivity index (χ0n) is 21.5. The lowest BCUT2D eigenvalue weighted by Crippen LogP contribution is -2.57. The van der Waals surface area contributed by atoms with Crippen molar-refractivity contribution < 1.29 is 34.2 Å². The van der Waals surface area contributed by atoms with Gasteiger partial charge in [-0.05, 0) is 38.6 Å². The molecule has 0 aliphatic rings. The predicted octanol–water partition coefficient (Wildman–Crippen LogP) is -3.52. The summed E-state index contributed by atoms with van der Waals surface area (Å²) in [5.41, 5.74) is 22.5. The Kier molecular flexibility index (Phi) is 14.5. The monoisotopic (exact) mass is 554 g/mol. The molecule has 0 saturated heterocycles. The van der Waals surface area contributed by atoms with E-state index in [9.17, 15) is 34.2 Å². The number of guanidine groups is 1. The number of carboxylic acids is 2. The molecule has 0 radical (unpaired) electrons. The summed E-state index contributed by atoms with van der Waals surface area (Å²) >= 11 is 0. The van der Waals surface area contributed by atoms with Gasteiger partial charge in [0.25, 0.3) is 0 Å². The highest BCUT2D eigenvalue weighted by molar-refractivity contribution is 5.95. The van der Waals surface area contributed by atoms with Crippen LogP contribution < -0.4 is 38.9 Å². The van der Waals surface area contributed by atoms with Crippen molar-refractivity contribution in [1.29, 1.82) is 0 Å². The van der Waals surface area contributed by atoms with Crippen LogP contribution in [0.4, 0.5) is 0 Å². The summed E-state index contributed by atoms with van der Waals surface area (Å²) in [6.45, 7) is 0.463. The number of hydrogen-bond donors (Lipinski definition) is 10. The number of carbonyl (C=O) groups excluding carboxylic acids is 3. The fourth-order valence-electron chi connectivity index (χ4n) is 3.46. The average Bonchev–Trinajstić information content (AvgIpc) is 3.37. The Balaban J connectivity index is 2.99. The zero-order valence-corrected chi connectivity index (χ0v) is 21.5. The third kappa shape index (κ3) is 13.2. The molecule has 0 spiro atoms. The minimum atomic E-state index is -1.57. The normalized spacial score (nSPS) is 13.8. The fraction of sp³-hybridized carbons (Fsp3) is 0.591. The molecule has 4 unspecified atom stereocenters. The first-order valence-corrected chi connectivity index (χ1v) is 12.3. The molecule has 3 amide bonds. The number of carboxylic acid groups (broad SMARTS) is 2. The molecule has 218 valence electrons. The second kappa shape index (κ2) is 17.3. The van der Waals surface area contributed by atoms with Crippen molar-refractivity contribution in [2.75, 3.05) is 13.1 Å². The highest BCUT2D eigenvalue weighted by atomic mass is 16.4. The number of rotatable bonds is 19. The van der Waals surface area contributed by atoms with Crippen molar-refractivity contribution in [2.45, 2.75) is 69.1 Å². The van der Waals surface area contributed by atoms with E-state index < -0.39 is 60.2 Å². The van der Waals surface area contributed by atoms with E-state index in [1.807, 2.05) is 0 Å². The van der Waals surface area contributed by atoms with E-state index in [2.05, 4.69) is 30.9 Å². The Labute approximate surface area is 224 Å². The molecule has 17 heteroatoms. The lowest BCUT2D eigenvalue weighted by Gasteiger charge is -2.24. The molecular weight excluding hydrogens is 516 g/mol. The van der Waals surface area contributed by atoms with Crippen LogP contribution in [0.3, 0.4) is 0 Å². The quantitative estimate of drug-likeness (QED) is 0.0452. The van der Waals surface area contributed by atoms with Gasteiger partial charge in [0.15, 0.2) is 5.96 Å². The van der Waals surface area contributed by atoms with E-state index in [4.69, 9.17) is 22.9 Å². The molecule has 0 aliphatic heterocycles. The lowest BCUT2D eigenvalue weighted by atomic mass is 10.1. The Morgan fingerprint density at radius 2 is 1.54 bits per heavy atom. The van der Waals surface area contributed by atoms with Gasteiger partial charge in [-0.1, -0.05) is 0 Å². The van der Waals surface area contributed by atoms with E-state index in [1.54, 1.807) is 0 Å². The van der Waals surface area contributed by atoms with Crippen LogP contribution >= 0.6 is 0 Å². The Morgan fingerprint density at radius 1 is 0.923 bits per heavy atom. The summed E-state index contributed by atoms with van der Waals surface area (Å²) in [6.07, 6.45) is 3.41. The van der Waals surface area contributed by atoms with Crippen LogP contribution in [0.15, 0.2) is 17.5 Å². The van der Waals surface area contributed by atoms with Crippen LogP contribution in [-0.2, 0) is 30.4 Å². The van der Waals surface area contributed by atoms with E-state index in [1.165, 1.54) is 12.5 Å². The Morgan fingerprint density at radius 3 is 2.10 bits per heavy atom. The number of aromatic nitrogens is 2. The standard InChI is InChI=1S/C22H38N10O7/c23-6-2-1-4-15(21(38)39)31-19(36)14(5-3-7-28-22(25)26)30-20(37)16(9-17(33)34)32-18(35)13(24)8-12-10-27-11-29-12/h10-11,13-16H,1-9,23-24H2,(H,27,29)(H,30,37)(H,31,36)(H,32,35)(H,33,34)(H,38,39)(H4,25,26,28). The van der Waals surface area contributed by atoms with Crippen molar-refractivity contribution in [1.82, 2.24) is 25.9 Å². The largest absolute Gasteiger partial charge is 0.481 e. The van der Waals surface area contributed by atoms with Crippen molar-refractivity contribution >= 4 is 35.6 Å². The van der Waals surface area contributed by atoms with Gasteiger partial charge in [0.1, 0.15) is 18.1 Å². The molecule has 1 rings (SSSR count). The maximum atomic E-state index is 13.0. The van der Waals surface area contributed by atoms with Crippen LogP contribution in [0, 0.1) is 0 Å². The van der Waals surface area contributed by atoms with Gasteiger partial charge in [-0.3, -0.25) is 24.2 Å². The molecular formula is C22H38N10O7. The number of nitrogens with two attached hydrogens (primary N) is 4. The third-order valence-electron chi connectivity index (χ3n) is 5.48. The number of hydrogen-bond acceptors (Lipinski definition) is 9. The first-order chi connectivity index (χ1) is 18.4. The molecule has 0 fully saturated rings. The minimum Gasteiger partial charge on any atom is -0.481 e. The van der Waals surface area contributed by atoms with Crippen LogP contribution in [0.25, 0.3) is 0 Å². The average molecular weight is 555 g/mol. The molecule has 0 saturated carbocycles. The second-order valence-electron chi connectivity index (χ2n) is 8.74. The molecule has 1 heterocycles. The van der Waals surface area contributed by atoms with Crippen molar-refractivity contribution in [2.24, 2.45) is 27.9 Å². The van der Waals surface area contributed by atoms with Gasteiger partial charge in [0.05, 0.1) is 18.8 Å². The molecule has 17 nitrogen and oxygen atoms in total. The van der Waals surface area contributed by atoms with Crippen molar-refractivity contribution in [3.8, 4) is 0 Å². The summed E-state index contributed by atoms with van der Waals surface area (Å²) in [7, 11) is 0. The van der Waals surface area contributed by atoms with E-state index in [0.717, 1.165) is 0 Å². The summed E-state index contributed by atoms with van der Waals surface area (Å²) in [5, 5.41) is 25.8. The van der Waals surface area contributed by atoms with Crippen LogP contribution in [0.5, 0.6) is 0 Å². The second-order valence-corrected chi connectivity index (χ2v) is 8.74. The van der Waals surface area contributed by atoms with Crippen LogP contribution in [0.2, 0.25) is 0 Å². The summed E-state index contributed by atoms with van der Waals surface area (Å²) in [4.78, 5) is 72.0. The van der Waals surface area contributed by atoms with Gasteiger partial charge in [0.2, 0.25) is 17.7 Å². The topological polar surface area (TPSA) is 307 Å². The summed E-state index contributed by atoms with van der Waals surface area (Å²) in [6, 6.07) is -5.22. The zero-order chi connectivity index (χ0) is 29.4. The predicted molar refractivity (Wildman–Crippen MR) is 139 cm³/mol. The molecule has 4 atom stereocenters. The summed E-state index contributed by atoms with van der Waals surface area (Å²) in [5.74, 6) is -5.43. The molecule has 0 aromatic carbocycles. The first-order valence-electron chi connectivity index (χ1n) is 12.3. The number of carbonyl (C=O) groups is 5. The number of aromatic amines is 1. The van der Waals surface area contributed by atoms with Gasteiger partial charge >= 0.3 is 11.9 Å². The number of amides is 3. The van der Waals surface area contributed by atoms with Gasteiger partial charge in [0, 0.05) is 24.9 Å². The first kappa shape index (κ1) is 32.8. The van der Waals surface area contributed by atoms with Gasteiger partial charge in [-0.2, -0.15) is 0 Å². The SMILES string of the molecule is NCCCCC(NC(=O)C(CCCN=C(N)N)NC(=O)C(CC(=O)O)NC(=O)C(N)Cc1cnc[nH]1)C(=O)O. The molecule has 1 aromatic rings. The molecule has 1 aromatic heterocycles. The maximum Gasteiger partial charge on any atom is 0.326 e. The minimum absolute atomic E-state index is 0.0173. The van der Waals surface area contributed by atoms with Crippen molar-refractivity contribution in [3.63, 3.8) is 0 Å². The van der Waals surface area contributed by atoms with E-state index in [0.29, 0.717) is 25.1 Å². The third-order valence-corrected chi connectivity index (χ3v) is 5.48. The number of aliphatic carboxylic acids is 2. The number of H-pyrrole nitrogens is 1. The molecule has 0 aliphatic carbocycles. The highest BCUT2D eigenvalue weighted by Crippen LogP contribution is 2.06. The van der Waals surface area contributed by atoms with Gasteiger partial charge < -0.3 is 54.1 Å². The van der Waals surface area contributed by atoms with E-state index in [-0.39, 0.29) is 38.2 Å². The number of nitrogens with zero attached hydrogens (tertiary/aromatic N) is 2. The lowest BCUT2D eigenvalue weighted by molar-refractivity contribution is -0.143. The number of aliphatic imine (C=N–C) groups is 1. The maximum absolute atomic E-state index is 13.0. The molecule has 14 N–H and O–H groups in total. The molecule has 0 bridgehead atoms. The number of nitrogens with one attached hydrogen (secondary N) is 4. The Bertz CT molecular complexity index is 982. The van der Waals surface area contributed by atoms with Crippen LogP contribution in [0.1, 0.15) is 44.2 Å². The number of unbranched alkanes of at least 4 members (excludes halogenated alkanes) is 1. The molecule has 39 heavy (non-hydrogen) atoms. The fourth-order valence-corrected chi connectivity index (χ4v) is 3.46. The smallest absolute Gasteiger partial charge is 0.326 e. The number of imidazole rings is 1. The van der Waals surface area contributed by atoms with Gasteiger partial charge in [-0.15, -0.1) is 0 Å². The van der Waals surface area contributed by atoms with Crippen LogP contribution in [-0.4, -0.2) is 93.1 Å². The summed E-state index contributed by atoms with van der Waals surface area (Å²) < 4.78 is 0. The van der Waals surface area contributed by atoms with Gasteiger partial charge in [-0.25, -0.2) is 9.78 Å². The van der Waals surface area contributed by atoms with Crippen molar-refractivity contribution in [3.05, 3.63) is 18.2 Å². The Hall–Kier alpha value is -4.25. The highest BCUT2D eigenvalue weighted by Gasteiger charge is 2.31.